The van der Waals surface area contributed by atoms with Crippen LogP contribution in [-0.4, -0.2) is 61.6 Å². The van der Waals surface area contributed by atoms with Crippen LogP contribution >= 0.6 is 23.7 Å². The third-order valence-corrected chi connectivity index (χ3v) is 7.48. The van der Waals surface area contributed by atoms with Gasteiger partial charge in [0.2, 0.25) is 0 Å². The number of carbonyl (C=O) groups is 1. The molecule has 0 spiro atoms. The molecular weight excluding hydrogens is 512 g/mol. The molecule has 35 heavy (non-hydrogen) atoms. The maximum absolute atomic E-state index is 13.2. The van der Waals surface area contributed by atoms with Crippen molar-refractivity contribution in [2.24, 2.45) is 0 Å². The van der Waals surface area contributed by atoms with Gasteiger partial charge in [-0.2, -0.15) is 0 Å². The van der Waals surface area contributed by atoms with E-state index in [1.165, 1.54) is 35.6 Å². The monoisotopic (exact) mass is 538 g/mol. The number of nitro groups is 1. The molecule has 0 atom stereocenters. The number of fused-ring (bicyclic) bond motifs is 1. The molecule has 0 N–H and O–H groups in total. The smallest absolute Gasteiger partial charge is 0.269 e. The lowest BCUT2D eigenvalue weighted by atomic mass is 10.2. The Labute approximate surface area is 214 Å². The highest BCUT2D eigenvalue weighted by Crippen LogP contribution is 2.31. The summed E-state index contributed by atoms with van der Waals surface area (Å²) in [5.41, 5.74) is 1.25. The lowest BCUT2D eigenvalue weighted by molar-refractivity contribution is -0.384. The Morgan fingerprint density at radius 3 is 2.34 bits per heavy atom. The van der Waals surface area contributed by atoms with E-state index in [0.29, 0.717) is 34.0 Å². The van der Waals surface area contributed by atoms with Crippen molar-refractivity contribution in [3.63, 3.8) is 0 Å². The van der Waals surface area contributed by atoms with Crippen molar-refractivity contribution in [1.29, 1.82) is 0 Å². The number of likely N-dealkylation sites (N-methyl/N-ethyl adjacent to an activating group) is 1. The van der Waals surface area contributed by atoms with E-state index >= 15 is 0 Å². The average molecular weight is 539 g/mol. The third-order valence-electron chi connectivity index (χ3n) is 5.33. The van der Waals surface area contributed by atoms with Crippen LogP contribution in [0.4, 0.5) is 10.8 Å². The largest absolute Gasteiger partial charge is 0.302 e. The molecule has 3 aromatic rings. The Morgan fingerprint density at radius 2 is 1.77 bits per heavy atom. The van der Waals surface area contributed by atoms with Crippen LogP contribution in [0.25, 0.3) is 16.3 Å². The highest BCUT2D eigenvalue weighted by molar-refractivity contribution is 7.90. The van der Waals surface area contributed by atoms with Crippen LogP contribution in [0.5, 0.6) is 0 Å². The second-order valence-electron chi connectivity index (χ2n) is 7.60. The van der Waals surface area contributed by atoms with Gasteiger partial charge >= 0.3 is 0 Å². The number of benzene rings is 2. The average Bonchev–Trinajstić information content (AvgIpc) is 3.23. The molecule has 0 aliphatic carbocycles. The van der Waals surface area contributed by atoms with Gasteiger partial charge in [-0.3, -0.25) is 19.8 Å². The number of sulfone groups is 1. The first kappa shape index (κ1) is 28.4. The summed E-state index contributed by atoms with van der Waals surface area (Å²) >= 11 is 1.26. The number of nitro benzene ring substituents is 1. The number of halogens is 1. The van der Waals surface area contributed by atoms with Crippen molar-refractivity contribution in [1.82, 2.24) is 9.88 Å². The van der Waals surface area contributed by atoms with Gasteiger partial charge in [0.1, 0.15) is 0 Å². The number of aromatic nitrogens is 1. The number of non-ortho nitro benzene ring substituents is 1. The normalized spacial score (nSPS) is 11.7. The highest BCUT2D eigenvalue weighted by atomic mass is 35.5. The Hall–Kier alpha value is -2.86. The number of thiazole rings is 1. The van der Waals surface area contributed by atoms with Crippen molar-refractivity contribution in [3.05, 3.63) is 64.2 Å². The summed E-state index contributed by atoms with van der Waals surface area (Å²) in [5.74, 6) is -0.284. The molecule has 12 heteroatoms. The molecule has 1 heterocycles. The van der Waals surface area contributed by atoms with E-state index in [9.17, 15) is 23.3 Å². The number of rotatable bonds is 10. The van der Waals surface area contributed by atoms with Gasteiger partial charge < -0.3 is 4.90 Å². The molecule has 0 aliphatic rings. The van der Waals surface area contributed by atoms with E-state index in [1.807, 2.05) is 0 Å². The van der Waals surface area contributed by atoms with Crippen LogP contribution in [0, 0.1) is 10.1 Å². The summed E-state index contributed by atoms with van der Waals surface area (Å²) in [4.78, 5) is 32.1. The third kappa shape index (κ3) is 7.31. The number of hydrogen-bond acceptors (Lipinski definition) is 8. The van der Waals surface area contributed by atoms with Crippen molar-refractivity contribution in [2.45, 2.75) is 18.7 Å². The Kier molecular flexibility index (Phi) is 9.90. The molecule has 188 valence electrons. The van der Waals surface area contributed by atoms with E-state index in [1.54, 1.807) is 35.2 Å². The second kappa shape index (κ2) is 12.2. The molecule has 0 fully saturated rings. The first-order chi connectivity index (χ1) is 16.1. The number of anilines is 1. The van der Waals surface area contributed by atoms with E-state index in [2.05, 4.69) is 23.7 Å². The predicted octanol–water partition coefficient (Wildman–Crippen LogP) is 4.42. The summed E-state index contributed by atoms with van der Waals surface area (Å²) in [6.45, 7) is 6.84. The van der Waals surface area contributed by atoms with Gasteiger partial charge in [0.15, 0.2) is 15.0 Å². The van der Waals surface area contributed by atoms with Crippen molar-refractivity contribution in [2.75, 3.05) is 37.3 Å². The fourth-order valence-electron chi connectivity index (χ4n) is 3.28. The Bertz CT molecular complexity index is 1320. The predicted molar refractivity (Wildman–Crippen MR) is 142 cm³/mol. The molecule has 2 aromatic carbocycles. The quantitative estimate of drug-likeness (QED) is 0.213. The Balaban J connectivity index is 0.00000432. The molecule has 3 rings (SSSR count). The molecule has 1 amide bonds. The molecule has 0 radical (unpaired) electrons. The van der Waals surface area contributed by atoms with Crippen molar-refractivity contribution >= 4 is 66.6 Å². The zero-order valence-corrected chi connectivity index (χ0v) is 22.0. The van der Waals surface area contributed by atoms with Crippen LogP contribution in [0.3, 0.4) is 0 Å². The molecule has 0 bridgehead atoms. The first-order valence-corrected chi connectivity index (χ1v) is 13.4. The van der Waals surface area contributed by atoms with Crippen molar-refractivity contribution in [3.8, 4) is 0 Å². The number of carbonyl (C=O) groups excluding carboxylic acids is 1. The van der Waals surface area contributed by atoms with E-state index < -0.39 is 14.8 Å². The minimum absolute atomic E-state index is 0. The van der Waals surface area contributed by atoms with Gasteiger partial charge in [-0.15, -0.1) is 12.4 Å². The van der Waals surface area contributed by atoms with E-state index in [0.717, 1.165) is 19.3 Å². The lowest BCUT2D eigenvalue weighted by Crippen LogP contribution is -2.38. The summed E-state index contributed by atoms with van der Waals surface area (Å²) in [6, 6.07) is 10.7. The molecule has 1 aromatic heterocycles. The van der Waals surface area contributed by atoms with Gasteiger partial charge in [0.25, 0.3) is 11.6 Å². The van der Waals surface area contributed by atoms with Gasteiger partial charge in [-0.1, -0.05) is 25.2 Å². The SMILES string of the molecule is CCN(CC)CCN(C(=O)C=Cc1ccc([N+](=O)[O-])cc1)c1nc2ccc(S(C)(=O)=O)cc2s1.Cl. The molecule has 9 nitrogen and oxygen atoms in total. The zero-order valence-electron chi connectivity index (χ0n) is 19.6. The van der Waals surface area contributed by atoms with Crippen LogP contribution in [0.15, 0.2) is 53.4 Å². The fraction of sp³-hybridized carbons (Fsp3) is 0.304. The minimum atomic E-state index is -3.36. The number of amides is 1. The number of nitrogens with zero attached hydrogens (tertiary/aromatic N) is 4. The maximum Gasteiger partial charge on any atom is 0.269 e. The van der Waals surface area contributed by atoms with Crippen LogP contribution in [0.1, 0.15) is 19.4 Å². The molecule has 0 saturated heterocycles. The lowest BCUT2D eigenvalue weighted by Gasteiger charge is -2.23. The van der Waals surface area contributed by atoms with Gasteiger partial charge in [-0.05, 0) is 55.1 Å². The molecule has 0 unspecified atom stereocenters. The van der Waals surface area contributed by atoms with E-state index in [-0.39, 0.29) is 28.9 Å². The minimum Gasteiger partial charge on any atom is -0.302 e. The summed E-state index contributed by atoms with van der Waals surface area (Å²) < 4.78 is 24.5. The van der Waals surface area contributed by atoms with Gasteiger partial charge in [-0.25, -0.2) is 13.4 Å². The van der Waals surface area contributed by atoms with E-state index in [4.69, 9.17) is 0 Å². The summed E-state index contributed by atoms with van der Waals surface area (Å²) in [5, 5.41) is 11.3. The van der Waals surface area contributed by atoms with Gasteiger partial charge in [0.05, 0.1) is 20.0 Å². The molecule has 0 saturated carbocycles. The first-order valence-electron chi connectivity index (χ1n) is 10.7. The maximum atomic E-state index is 13.2. The van der Waals surface area contributed by atoms with Gasteiger partial charge in [0, 0.05) is 37.6 Å². The summed E-state index contributed by atoms with van der Waals surface area (Å²) in [7, 11) is -3.36. The molecule has 0 aliphatic heterocycles. The second-order valence-corrected chi connectivity index (χ2v) is 10.6. The Morgan fingerprint density at radius 1 is 1.11 bits per heavy atom. The highest BCUT2D eigenvalue weighted by Gasteiger charge is 2.20. The standard InChI is InChI=1S/C23H26N4O5S2.ClH/c1-4-25(5-2)14-15-26(22(28)13-8-17-6-9-18(10-7-17)27(29)30)23-24-20-12-11-19(34(3,31)32)16-21(20)33-23;/h6-13,16H,4-5,14-15H2,1-3H3;1H. The van der Waals surface area contributed by atoms with Crippen molar-refractivity contribution < 1.29 is 18.1 Å². The topological polar surface area (TPSA) is 114 Å². The number of hydrogen-bond donors (Lipinski definition) is 0. The fourth-order valence-corrected chi connectivity index (χ4v) is 5.04. The van der Waals surface area contributed by atoms with Crippen LogP contribution in [-0.2, 0) is 14.6 Å². The van der Waals surface area contributed by atoms with Crippen LogP contribution < -0.4 is 4.90 Å². The molecular formula is C23H27ClN4O5S2. The van der Waals surface area contributed by atoms with Crippen LogP contribution in [0.2, 0.25) is 0 Å². The summed E-state index contributed by atoms with van der Waals surface area (Å²) in [6.07, 6.45) is 4.17. The zero-order chi connectivity index (χ0) is 24.9.